The Bertz CT molecular complexity index is 553. The highest BCUT2D eigenvalue weighted by Crippen LogP contribution is 2.43. The smallest absolute Gasteiger partial charge is 0.258 e. The van der Waals surface area contributed by atoms with E-state index in [0.29, 0.717) is 18.3 Å². The van der Waals surface area contributed by atoms with Gasteiger partial charge in [-0.1, -0.05) is 17.3 Å². The molecule has 2 aromatic rings. The molecule has 5 heteroatoms. The molecule has 0 bridgehead atoms. The van der Waals surface area contributed by atoms with Gasteiger partial charge in [0, 0.05) is 19.2 Å². The summed E-state index contributed by atoms with van der Waals surface area (Å²) in [5, 5.41) is 4.06. The number of methoxy groups -OCH3 is 1. The molecule has 1 aliphatic rings. The Morgan fingerprint density at radius 3 is 2.58 bits per heavy atom. The molecule has 0 aliphatic heterocycles. The second-order valence-electron chi connectivity index (χ2n) is 4.88. The Morgan fingerprint density at radius 1 is 1.32 bits per heavy atom. The zero-order valence-corrected chi connectivity index (χ0v) is 10.9. The average Bonchev–Trinajstić information content (AvgIpc) is 2.88. The Labute approximate surface area is 111 Å². The molecule has 0 atom stereocenters. The summed E-state index contributed by atoms with van der Waals surface area (Å²) in [6, 6.07) is 7.82. The van der Waals surface area contributed by atoms with Crippen LogP contribution in [0.2, 0.25) is 0 Å². The Kier molecular flexibility index (Phi) is 3.08. The van der Waals surface area contributed by atoms with Crippen LogP contribution in [0.4, 0.5) is 0 Å². The van der Waals surface area contributed by atoms with E-state index in [1.807, 2.05) is 24.3 Å². The number of nitrogens with two attached hydrogens (primary N) is 1. The summed E-state index contributed by atoms with van der Waals surface area (Å²) in [4.78, 5) is 4.47. The van der Waals surface area contributed by atoms with Gasteiger partial charge in [-0.3, -0.25) is 0 Å². The van der Waals surface area contributed by atoms with Crippen molar-refractivity contribution in [2.45, 2.75) is 31.4 Å². The van der Waals surface area contributed by atoms with Crippen molar-refractivity contribution >= 4 is 0 Å². The van der Waals surface area contributed by atoms with Crippen LogP contribution >= 0.6 is 0 Å². The standard InChI is InChI=1S/C14H17N3O2/c1-18-14(7-2-8-14)13-16-12(19-17-13)11-5-3-10(9-15)4-6-11/h3-6H,2,7-9,15H2,1H3. The molecule has 0 saturated heterocycles. The molecule has 19 heavy (non-hydrogen) atoms. The van der Waals surface area contributed by atoms with Gasteiger partial charge >= 0.3 is 0 Å². The molecule has 0 unspecified atom stereocenters. The SMILES string of the molecule is COC1(c2noc(-c3ccc(CN)cc3)n2)CCC1. The summed E-state index contributed by atoms with van der Waals surface area (Å²) < 4.78 is 10.9. The van der Waals surface area contributed by atoms with Crippen LogP contribution in [-0.2, 0) is 16.9 Å². The maximum absolute atomic E-state index is 5.58. The first kappa shape index (κ1) is 12.3. The molecule has 5 nitrogen and oxygen atoms in total. The minimum absolute atomic E-state index is 0.334. The van der Waals surface area contributed by atoms with E-state index in [4.69, 9.17) is 15.0 Å². The number of ether oxygens (including phenoxy) is 1. The van der Waals surface area contributed by atoms with Crippen molar-refractivity contribution < 1.29 is 9.26 Å². The van der Waals surface area contributed by atoms with Gasteiger partial charge in [-0.2, -0.15) is 4.98 Å². The number of benzene rings is 1. The summed E-state index contributed by atoms with van der Waals surface area (Å²) in [6.07, 6.45) is 3.05. The van der Waals surface area contributed by atoms with Crippen molar-refractivity contribution in [3.63, 3.8) is 0 Å². The van der Waals surface area contributed by atoms with Crippen molar-refractivity contribution in [1.82, 2.24) is 10.1 Å². The van der Waals surface area contributed by atoms with Crippen molar-refractivity contribution in [2.24, 2.45) is 5.73 Å². The molecule has 0 spiro atoms. The molecule has 1 saturated carbocycles. The zero-order chi connectivity index (χ0) is 13.3. The topological polar surface area (TPSA) is 74.2 Å². The highest BCUT2D eigenvalue weighted by atomic mass is 16.5. The molecule has 1 aromatic heterocycles. The molecule has 2 N–H and O–H groups in total. The van der Waals surface area contributed by atoms with Gasteiger partial charge in [0.25, 0.3) is 5.89 Å². The average molecular weight is 259 g/mol. The van der Waals surface area contributed by atoms with Crippen molar-refractivity contribution in [2.75, 3.05) is 7.11 Å². The first-order valence-corrected chi connectivity index (χ1v) is 6.46. The third kappa shape index (κ3) is 2.05. The molecule has 1 aliphatic carbocycles. The fraction of sp³-hybridized carbons (Fsp3) is 0.429. The second kappa shape index (κ2) is 4.75. The van der Waals surface area contributed by atoms with Gasteiger partial charge in [0.1, 0.15) is 5.60 Å². The molecule has 100 valence electrons. The van der Waals surface area contributed by atoms with Crippen LogP contribution in [0, 0.1) is 0 Å². The van der Waals surface area contributed by atoms with Gasteiger partial charge in [0.2, 0.25) is 5.82 Å². The van der Waals surface area contributed by atoms with Crippen molar-refractivity contribution in [3.8, 4) is 11.5 Å². The van der Waals surface area contributed by atoms with Crippen LogP contribution in [-0.4, -0.2) is 17.3 Å². The molecule has 0 amide bonds. The maximum Gasteiger partial charge on any atom is 0.258 e. The molecule has 0 radical (unpaired) electrons. The second-order valence-corrected chi connectivity index (χ2v) is 4.88. The van der Waals surface area contributed by atoms with Crippen LogP contribution in [0.3, 0.4) is 0 Å². The van der Waals surface area contributed by atoms with Gasteiger partial charge in [0.15, 0.2) is 0 Å². The van der Waals surface area contributed by atoms with Crippen LogP contribution in [0.1, 0.15) is 30.7 Å². The van der Waals surface area contributed by atoms with E-state index in [9.17, 15) is 0 Å². The minimum atomic E-state index is -0.334. The summed E-state index contributed by atoms with van der Waals surface area (Å²) in [5.41, 5.74) is 7.22. The summed E-state index contributed by atoms with van der Waals surface area (Å²) in [5.74, 6) is 1.18. The van der Waals surface area contributed by atoms with Gasteiger partial charge < -0.3 is 15.0 Å². The van der Waals surface area contributed by atoms with Gasteiger partial charge in [-0.15, -0.1) is 0 Å². The Morgan fingerprint density at radius 2 is 2.05 bits per heavy atom. The lowest BCUT2D eigenvalue weighted by Gasteiger charge is -2.37. The zero-order valence-electron chi connectivity index (χ0n) is 10.9. The minimum Gasteiger partial charge on any atom is -0.370 e. The lowest BCUT2D eigenvalue weighted by molar-refractivity contribution is -0.0858. The normalized spacial score (nSPS) is 17.2. The third-order valence-electron chi connectivity index (χ3n) is 3.82. The molecule has 1 heterocycles. The van der Waals surface area contributed by atoms with Crippen molar-refractivity contribution in [1.29, 1.82) is 0 Å². The highest BCUT2D eigenvalue weighted by molar-refractivity contribution is 5.53. The van der Waals surface area contributed by atoms with Crippen molar-refractivity contribution in [3.05, 3.63) is 35.7 Å². The van der Waals surface area contributed by atoms with E-state index < -0.39 is 0 Å². The lowest BCUT2D eigenvalue weighted by atomic mass is 9.79. The number of hydrogen-bond acceptors (Lipinski definition) is 5. The molecule has 1 fully saturated rings. The quantitative estimate of drug-likeness (QED) is 0.911. The highest BCUT2D eigenvalue weighted by Gasteiger charge is 2.43. The van der Waals surface area contributed by atoms with Gasteiger partial charge in [-0.05, 0) is 37.0 Å². The Hall–Kier alpha value is -1.72. The summed E-state index contributed by atoms with van der Waals surface area (Å²) in [7, 11) is 1.70. The molecule has 3 rings (SSSR count). The number of nitrogens with zero attached hydrogens (tertiary/aromatic N) is 2. The Balaban J connectivity index is 1.88. The molecular formula is C14H17N3O2. The van der Waals surface area contributed by atoms with Crippen LogP contribution in [0.15, 0.2) is 28.8 Å². The van der Waals surface area contributed by atoms with E-state index in [1.54, 1.807) is 7.11 Å². The van der Waals surface area contributed by atoms with Crippen LogP contribution < -0.4 is 5.73 Å². The third-order valence-corrected chi connectivity index (χ3v) is 3.82. The van der Waals surface area contributed by atoms with E-state index in [-0.39, 0.29) is 5.60 Å². The first-order chi connectivity index (χ1) is 9.27. The molecule has 1 aromatic carbocycles. The fourth-order valence-electron chi connectivity index (χ4n) is 2.33. The number of hydrogen-bond donors (Lipinski definition) is 1. The molecular weight excluding hydrogens is 242 g/mol. The van der Waals surface area contributed by atoms with E-state index in [0.717, 1.165) is 30.4 Å². The lowest BCUT2D eigenvalue weighted by Crippen LogP contribution is -2.37. The van der Waals surface area contributed by atoms with E-state index >= 15 is 0 Å². The summed E-state index contributed by atoms with van der Waals surface area (Å²) in [6.45, 7) is 0.530. The van der Waals surface area contributed by atoms with Crippen LogP contribution in [0.5, 0.6) is 0 Å². The van der Waals surface area contributed by atoms with E-state index in [2.05, 4.69) is 10.1 Å². The summed E-state index contributed by atoms with van der Waals surface area (Å²) >= 11 is 0. The predicted octanol–water partition coefficient (Wildman–Crippen LogP) is 2.22. The number of rotatable bonds is 4. The first-order valence-electron chi connectivity index (χ1n) is 6.46. The number of aromatic nitrogens is 2. The largest absolute Gasteiger partial charge is 0.370 e. The van der Waals surface area contributed by atoms with Crippen LogP contribution in [0.25, 0.3) is 11.5 Å². The predicted molar refractivity (Wildman–Crippen MR) is 70.2 cm³/mol. The van der Waals surface area contributed by atoms with E-state index in [1.165, 1.54) is 0 Å². The maximum atomic E-state index is 5.58. The monoisotopic (exact) mass is 259 g/mol. The van der Waals surface area contributed by atoms with Gasteiger partial charge in [0.05, 0.1) is 0 Å². The fourth-order valence-corrected chi connectivity index (χ4v) is 2.33. The van der Waals surface area contributed by atoms with Gasteiger partial charge in [-0.25, -0.2) is 0 Å².